The summed E-state index contributed by atoms with van der Waals surface area (Å²) >= 11 is 0. The van der Waals surface area contributed by atoms with Crippen LogP contribution in [0, 0.1) is 5.92 Å². The third kappa shape index (κ3) is 2.86. The Morgan fingerprint density at radius 2 is 2.31 bits per heavy atom. The van der Waals surface area contributed by atoms with Gasteiger partial charge in [-0.15, -0.1) is 0 Å². The molecule has 0 radical (unpaired) electrons. The lowest BCUT2D eigenvalue weighted by atomic mass is 10.0. The fourth-order valence-corrected chi connectivity index (χ4v) is 2.46. The van der Waals surface area contributed by atoms with Crippen LogP contribution in [-0.4, -0.2) is 35.8 Å². The molecule has 0 spiro atoms. The van der Waals surface area contributed by atoms with Crippen molar-refractivity contribution in [3.63, 3.8) is 0 Å². The van der Waals surface area contributed by atoms with Gasteiger partial charge in [-0.3, -0.25) is 0 Å². The predicted octanol–water partition coefficient (Wildman–Crippen LogP) is 0.669. The summed E-state index contributed by atoms with van der Waals surface area (Å²) in [6, 6.07) is 0.665. The monoisotopic (exact) mass is 227 g/mol. The maximum Gasteiger partial charge on any atom is 0.140 e. The van der Waals surface area contributed by atoms with Crippen LogP contribution >= 0.6 is 0 Å². The summed E-state index contributed by atoms with van der Waals surface area (Å²) in [6.45, 7) is 2.91. The van der Waals surface area contributed by atoms with Crippen molar-refractivity contribution in [2.75, 3.05) is 6.61 Å². The van der Waals surface area contributed by atoms with Crippen LogP contribution in [0.2, 0.25) is 0 Å². The zero-order valence-corrected chi connectivity index (χ0v) is 9.72. The maximum absolute atomic E-state index is 8.51. The molecule has 3 unspecified atom stereocenters. The van der Waals surface area contributed by atoms with Gasteiger partial charge >= 0.3 is 0 Å². The molecular weight excluding hydrogens is 206 g/mol. The summed E-state index contributed by atoms with van der Waals surface area (Å²) in [5.41, 5.74) is 5.48. The second-order valence-corrected chi connectivity index (χ2v) is 4.93. The average molecular weight is 227 g/mol. The highest BCUT2D eigenvalue weighted by Gasteiger charge is 2.40. The van der Waals surface area contributed by atoms with Crippen LogP contribution in [0.15, 0.2) is 5.16 Å². The van der Waals surface area contributed by atoms with Crippen LogP contribution in [0.4, 0.5) is 0 Å². The first kappa shape index (κ1) is 11.7. The van der Waals surface area contributed by atoms with Gasteiger partial charge in [-0.1, -0.05) is 5.16 Å². The van der Waals surface area contributed by atoms with Crippen molar-refractivity contribution in [1.29, 1.82) is 0 Å². The molecule has 1 saturated carbocycles. The van der Waals surface area contributed by atoms with Gasteiger partial charge in [-0.05, 0) is 32.1 Å². The normalized spacial score (nSPS) is 32.9. The van der Waals surface area contributed by atoms with Gasteiger partial charge in [0.1, 0.15) is 5.84 Å². The van der Waals surface area contributed by atoms with Gasteiger partial charge in [0.2, 0.25) is 0 Å². The predicted molar refractivity (Wildman–Crippen MR) is 61.5 cm³/mol. The molecule has 2 aliphatic rings. The van der Waals surface area contributed by atoms with Gasteiger partial charge < -0.3 is 21.0 Å². The molecule has 3 atom stereocenters. The topological polar surface area (TPSA) is 79.9 Å². The molecule has 0 bridgehead atoms. The molecule has 0 aromatic carbocycles. The maximum atomic E-state index is 8.51. The quantitative estimate of drug-likeness (QED) is 0.279. The Labute approximate surface area is 96.0 Å². The van der Waals surface area contributed by atoms with E-state index >= 15 is 0 Å². The van der Waals surface area contributed by atoms with E-state index in [-0.39, 0.29) is 11.9 Å². The molecule has 1 aliphatic heterocycles. The summed E-state index contributed by atoms with van der Waals surface area (Å²) in [5, 5.41) is 15.0. The Hall–Kier alpha value is -0.810. The number of oxime groups is 1. The van der Waals surface area contributed by atoms with Crippen LogP contribution in [0.3, 0.4) is 0 Å². The van der Waals surface area contributed by atoms with Crippen LogP contribution in [0.5, 0.6) is 0 Å². The first-order valence-corrected chi connectivity index (χ1v) is 6.04. The van der Waals surface area contributed by atoms with E-state index in [1.54, 1.807) is 0 Å². The summed E-state index contributed by atoms with van der Waals surface area (Å²) in [4.78, 5) is 0. The molecular formula is C11H21N3O2. The standard InChI is InChI=1S/C11H21N3O2/c1-7(6-10(12)14-15)13-9-4-5-16-11(9)8-2-3-8/h7-9,11,13,15H,2-6H2,1H3,(H2,12,14). The molecule has 0 aromatic heterocycles. The van der Waals surface area contributed by atoms with E-state index in [1.807, 2.05) is 0 Å². The molecule has 2 rings (SSSR count). The van der Waals surface area contributed by atoms with E-state index in [0.717, 1.165) is 18.9 Å². The molecule has 1 aliphatic carbocycles. The van der Waals surface area contributed by atoms with Crippen molar-refractivity contribution >= 4 is 5.84 Å². The molecule has 1 saturated heterocycles. The van der Waals surface area contributed by atoms with Gasteiger partial charge in [-0.2, -0.15) is 0 Å². The Kier molecular flexibility index (Phi) is 3.66. The molecule has 2 fully saturated rings. The first-order chi connectivity index (χ1) is 7.70. The van der Waals surface area contributed by atoms with Crippen LogP contribution in [0.25, 0.3) is 0 Å². The summed E-state index contributed by atoms with van der Waals surface area (Å²) < 4.78 is 5.75. The van der Waals surface area contributed by atoms with Crippen molar-refractivity contribution < 1.29 is 9.94 Å². The van der Waals surface area contributed by atoms with E-state index in [0.29, 0.717) is 18.6 Å². The number of ether oxygens (including phenoxy) is 1. The van der Waals surface area contributed by atoms with E-state index < -0.39 is 0 Å². The Bertz CT molecular complexity index is 266. The van der Waals surface area contributed by atoms with Crippen molar-refractivity contribution in [3.8, 4) is 0 Å². The Morgan fingerprint density at radius 1 is 1.56 bits per heavy atom. The summed E-state index contributed by atoms with van der Waals surface area (Å²) in [5.74, 6) is 1.04. The lowest BCUT2D eigenvalue weighted by molar-refractivity contribution is 0.0794. The number of amidine groups is 1. The van der Waals surface area contributed by atoms with Gasteiger partial charge in [0.25, 0.3) is 0 Å². The molecule has 5 heteroatoms. The number of nitrogens with one attached hydrogen (secondary N) is 1. The second kappa shape index (κ2) is 5.01. The lowest BCUT2D eigenvalue weighted by Gasteiger charge is -2.23. The van der Waals surface area contributed by atoms with Crippen LogP contribution in [-0.2, 0) is 4.74 Å². The molecule has 5 nitrogen and oxygen atoms in total. The zero-order valence-electron chi connectivity index (χ0n) is 9.72. The summed E-state index contributed by atoms with van der Waals surface area (Å²) in [7, 11) is 0. The highest BCUT2D eigenvalue weighted by molar-refractivity contribution is 5.80. The molecule has 92 valence electrons. The van der Waals surface area contributed by atoms with E-state index in [4.69, 9.17) is 15.7 Å². The van der Waals surface area contributed by atoms with Gasteiger partial charge in [0, 0.05) is 25.1 Å². The number of hydrogen-bond acceptors (Lipinski definition) is 4. The fourth-order valence-electron chi connectivity index (χ4n) is 2.46. The lowest BCUT2D eigenvalue weighted by Crippen LogP contribution is -2.44. The third-order valence-corrected chi connectivity index (χ3v) is 3.36. The van der Waals surface area contributed by atoms with Gasteiger partial charge in [-0.25, -0.2) is 0 Å². The molecule has 16 heavy (non-hydrogen) atoms. The van der Waals surface area contributed by atoms with Crippen molar-refractivity contribution in [2.24, 2.45) is 16.8 Å². The third-order valence-electron chi connectivity index (χ3n) is 3.36. The number of nitrogens with two attached hydrogens (primary N) is 1. The van der Waals surface area contributed by atoms with Crippen molar-refractivity contribution in [2.45, 2.75) is 50.8 Å². The molecule has 4 N–H and O–H groups in total. The van der Waals surface area contributed by atoms with E-state index in [9.17, 15) is 0 Å². The second-order valence-electron chi connectivity index (χ2n) is 4.93. The van der Waals surface area contributed by atoms with Crippen LogP contribution < -0.4 is 11.1 Å². The molecule has 0 aromatic rings. The SMILES string of the molecule is CC(CC(N)=NO)NC1CCOC1C1CC1. The summed E-state index contributed by atoms with van der Waals surface area (Å²) in [6.07, 6.45) is 4.64. The average Bonchev–Trinajstić information content (AvgIpc) is 3.00. The number of nitrogens with zero attached hydrogens (tertiary/aromatic N) is 1. The van der Waals surface area contributed by atoms with E-state index in [1.165, 1.54) is 12.8 Å². The fraction of sp³-hybridized carbons (Fsp3) is 0.909. The zero-order chi connectivity index (χ0) is 11.5. The minimum atomic E-state index is 0.226. The van der Waals surface area contributed by atoms with Gasteiger partial charge in [0.15, 0.2) is 0 Å². The number of rotatable bonds is 5. The van der Waals surface area contributed by atoms with Crippen LogP contribution in [0.1, 0.15) is 32.6 Å². The Morgan fingerprint density at radius 3 is 2.94 bits per heavy atom. The van der Waals surface area contributed by atoms with Crippen molar-refractivity contribution in [1.82, 2.24) is 5.32 Å². The molecule has 0 amide bonds. The van der Waals surface area contributed by atoms with Gasteiger partial charge in [0.05, 0.1) is 6.10 Å². The smallest absolute Gasteiger partial charge is 0.140 e. The minimum absolute atomic E-state index is 0.226. The Balaban J connectivity index is 1.79. The molecule has 1 heterocycles. The number of hydrogen-bond donors (Lipinski definition) is 3. The van der Waals surface area contributed by atoms with Crippen molar-refractivity contribution in [3.05, 3.63) is 0 Å². The largest absolute Gasteiger partial charge is 0.409 e. The first-order valence-electron chi connectivity index (χ1n) is 6.04. The van der Waals surface area contributed by atoms with E-state index in [2.05, 4.69) is 17.4 Å². The highest BCUT2D eigenvalue weighted by Crippen LogP contribution is 2.38. The highest BCUT2D eigenvalue weighted by atomic mass is 16.5. The minimum Gasteiger partial charge on any atom is -0.409 e.